The molecule has 0 aliphatic heterocycles. The summed E-state index contributed by atoms with van der Waals surface area (Å²) in [5.41, 5.74) is 3.80. The molecular formula is C18H14O. The van der Waals surface area contributed by atoms with Crippen molar-refractivity contribution in [3.63, 3.8) is 0 Å². The van der Waals surface area contributed by atoms with Crippen LogP contribution in [0.2, 0.25) is 0 Å². The molecule has 1 heteroatoms. The molecule has 0 saturated heterocycles. The number of fused-ring (bicyclic) bond motifs is 1. The fourth-order valence-corrected chi connectivity index (χ4v) is 2.50. The molecule has 1 aliphatic rings. The van der Waals surface area contributed by atoms with Gasteiger partial charge < -0.3 is 0 Å². The van der Waals surface area contributed by atoms with E-state index in [1.807, 2.05) is 55.5 Å². The molecule has 1 atom stereocenters. The Hall–Kier alpha value is -2.33. The third-order valence-electron chi connectivity index (χ3n) is 3.49. The fraction of sp³-hybridized carbons (Fsp3) is 0.167. The molecule has 19 heavy (non-hydrogen) atoms. The summed E-state index contributed by atoms with van der Waals surface area (Å²) in [6.45, 7) is 1.98. The first-order valence-electron chi connectivity index (χ1n) is 6.49. The summed E-state index contributed by atoms with van der Waals surface area (Å²) in [6.07, 6.45) is 0.842. The van der Waals surface area contributed by atoms with Gasteiger partial charge in [-0.3, -0.25) is 4.79 Å². The minimum atomic E-state index is 0.0923. The first kappa shape index (κ1) is 11.7. The zero-order valence-electron chi connectivity index (χ0n) is 10.8. The lowest BCUT2D eigenvalue weighted by atomic mass is 10.0. The zero-order valence-corrected chi connectivity index (χ0v) is 10.8. The van der Waals surface area contributed by atoms with Crippen LogP contribution in [-0.2, 0) is 6.42 Å². The van der Waals surface area contributed by atoms with Crippen LogP contribution >= 0.6 is 0 Å². The smallest absolute Gasteiger partial charge is 0.167 e. The quantitative estimate of drug-likeness (QED) is 0.651. The van der Waals surface area contributed by atoms with Gasteiger partial charge in [-0.2, -0.15) is 0 Å². The van der Waals surface area contributed by atoms with Crippen LogP contribution in [0.15, 0.2) is 48.5 Å². The van der Waals surface area contributed by atoms with E-state index in [1.54, 1.807) is 0 Å². The van der Waals surface area contributed by atoms with E-state index >= 15 is 0 Å². The maximum absolute atomic E-state index is 12.2. The maximum atomic E-state index is 12.2. The molecule has 0 N–H and O–H groups in total. The number of hydrogen-bond donors (Lipinski definition) is 0. The Kier molecular flexibility index (Phi) is 2.93. The van der Waals surface area contributed by atoms with Crippen molar-refractivity contribution >= 4 is 5.78 Å². The molecule has 1 unspecified atom stereocenters. The predicted octanol–water partition coefficient (Wildman–Crippen LogP) is 3.46. The van der Waals surface area contributed by atoms with Gasteiger partial charge in [-0.05, 0) is 30.2 Å². The Balaban J connectivity index is 2.03. The van der Waals surface area contributed by atoms with Crippen LogP contribution in [0.4, 0.5) is 0 Å². The van der Waals surface area contributed by atoms with Crippen LogP contribution in [0.1, 0.15) is 34.0 Å². The summed E-state index contributed by atoms with van der Waals surface area (Å²) >= 11 is 0. The van der Waals surface area contributed by atoms with Crippen molar-refractivity contribution in [1.29, 1.82) is 0 Å². The molecule has 0 spiro atoms. The lowest BCUT2D eigenvalue weighted by Gasteiger charge is -2.00. The number of ketones is 1. The Morgan fingerprint density at radius 3 is 2.58 bits per heavy atom. The van der Waals surface area contributed by atoms with Gasteiger partial charge in [-0.25, -0.2) is 0 Å². The highest BCUT2D eigenvalue weighted by Gasteiger charge is 2.28. The Morgan fingerprint density at radius 2 is 1.79 bits per heavy atom. The van der Waals surface area contributed by atoms with Crippen molar-refractivity contribution in [3.05, 3.63) is 70.8 Å². The van der Waals surface area contributed by atoms with Crippen LogP contribution in [-0.4, -0.2) is 5.78 Å². The van der Waals surface area contributed by atoms with Crippen molar-refractivity contribution in [2.45, 2.75) is 13.3 Å². The number of hydrogen-bond acceptors (Lipinski definition) is 1. The van der Waals surface area contributed by atoms with Gasteiger partial charge in [-0.1, -0.05) is 49.1 Å². The molecule has 92 valence electrons. The zero-order chi connectivity index (χ0) is 13.2. The Bertz CT molecular complexity index is 687. The molecule has 3 rings (SSSR count). The molecule has 0 fully saturated rings. The number of carbonyl (C=O) groups excluding carboxylic acids is 1. The van der Waals surface area contributed by atoms with E-state index in [9.17, 15) is 4.79 Å². The molecule has 0 saturated carbocycles. The largest absolute Gasteiger partial charge is 0.294 e. The van der Waals surface area contributed by atoms with Gasteiger partial charge in [0.1, 0.15) is 0 Å². The molecule has 1 aliphatic carbocycles. The average Bonchev–Trinajstić information content (AvgIpc) is 2.74. The van der Waals surface area contributed by atoms with Crippen molar-refractivity contribution in [1.82, 2.24) is 0 Å². The van der Waals surface area contributed by atoms with Gasteiger partial charge in [0.2, 0.25) is 0 Å². The van der Waals surface area contributed by atoms with E-state index in [0.717, 1.165) is 28.7 Å². The fourth-order valence-electron chi connectivity index (χ4n) is 2.50. The number of rotatable bonds is 0. The molecule has 1 nitrogen and oxygen atoms in total. The minimum absolute atomic E-state index is 0.0923. The predicted molar refractivity (Wildman–Crippen MR) is 76.1 cm³/mol. The SMILES string of the molecule is CC1Cc2cccc(C#Cc3ccccc3)c2C1=O. The lowest BCUT2D eigenvalue weighted by molar-refractivity contribution is 0.0946. The van der Waals surface area contributed by atoms with Gasteiger partial charge in [0, 0.05) is 22.6 Å². The molecule has 2 aromatic rings. The number of benzene rings is 2. The van der Waals surface area contributed by atoms with Crippen molar-refractivity contribution < 1.29 is 4.79 Å². The third-order valence-corrected chi connectivity index (χ3v) is 3.49. The summed E-state index contributed by atoms with van der Waals surface area (Å²) in [4.78, 5) is 12.2. The van der Waals surface area contributed by atoms with Crippen molar-refractivity contribution in [3.8, 4) is 11.8 Å². The van der Waals surface area contributed by atoms with Crippen LogP contribution in [0.25, 0.3) is 0 Å². The summed E-state index contributed by atoms with van der Waals surface area (Å²) in [7, 11) is 0. The van der Waals surface area contributed by atoms with Gasteiger partial charge in [0.15, 0.2) is 5.78 Å². The van der Waals surface area contributed by atoms with Gasteiger partial charge >= 0.3 is 0 Å². The molecular weight excluding hydrogens is 232 g/mol. The summed E-state index contributed by atoms with van der Waals surface area (Å²) in [6, 6.07) is 15.8. The van der Waals surface area contributed by atoms with Gasteiger partial charge in [-0.15, -0.1) is 0 Å². The standard InChI is InChI=1S/C18H14O/c1-13-12-16-9-5-8-15(17(16)18(13)19)11-10-14-6-3-2-4-7-14/h2-9,13H,12H2,1H3. The second-order valence-corrected chi connectivity index (χ2v) is 4.93. The number of carbonyl (C=O) groups is 1. The second-order valence-electron chi connectivity index (χ2n) is 4.93. The van der Waals surface area contributed by atoms with Crippen molar-refractivity contribution in [2.75, 3.05) is 0 Å². The molecule has 0 aromatic heterocycles. The summed E-state index contributed by atoms with van der Waals surface area (Å²) < 4.78 is 0. The Morgan fingerprint density at radius 1 is 1.00 bits per heavy atom. The lowest BCUT2D eigenvalue weighted by Crippen LogP contribution is -2.04. The highest BCUT2D eigenvalue weighted by Crippen LogP contribution is 2.28. The van der Waals surface area contributed by atoms with Crippen LogP contribution in [0.5, 0.6) is 0 Å². The van der Waals surface area contributed by atoms with E-state index in [4.69, 9.17) is 0 Å². The second kappa shape index (κ2) is 4.74. The van der Waals surface area contributed by atoms with Crippen LogP contribution in [0, 0.1) is 17.8 Å². The monoisotopic (exact) mass is 246 g/mol. The highest BCUT2D eigenvalue weighted by molar-refractivity contribution is 6.04. The van der Waals surface area contributed by atoms with E-state index < -0.39 is 0 Å². The van der Waals surface area contributed by atoms with Gasteiger partial charge in [0.25, 0.3) is 0 Å². The van der Waals surface area contributed by atoms with E-state index in [1.165, 1.54) is 0 Å². The first-order chi connectivity index (χ1) is 9.25. The summed E-state index contributed by atoms with van der Waals surface area (Å²) in [5.74, 6) is 6.59. The Labute approximate surface area is 113 Å². The minimum Gasteiger partial charge on any atom is -0.294 e. The third kappa shape index (κ3) is 2.18. The summed E-state index contributed by atoms with van der Waals surface area (Å²) in [5, 5.41) is 0. The molecule has 0 amide bonds. The highest BCUT2D eigenvalue weighted by atomic mass is 16.1. The van der Waals surface area contributed by atoms with Crippen molar-refractivity contribution in [2.24, 2.45) is 5.92 Å². The topological polar surface area (TPSA) is 17.1 Å². The molecule has 0 radical (unpaired) electrons. The number of Topliss-reactive ketones (excluding diaryl/α,β-unsaturated/α-hetero) is 1. The van der Waals surface area contributed by atoms with Gasteiger partial charge in [0.05, 0.1) is 0 Å². The average molecular weight is 246 g/mol. The molecule has 0 heterocycles. The van der Waals surface area contributed by atoms with Crippen LogP contribution in [0.3, 0.4) is 0 Å². The maximum Gasteiger partial charge on any atom is 0.167 e. The first-order valence-corrected chi connectivity index (χ1v) is 6.49. The molecule has 2 aromatic carbocycles. The normalized spacial score (nSPS) is 16.7. The van der Waals surface area contributed by atoms with E-state index in [-0.39, 0.29) is 11.7 Å². The van der Waals surface area contributed by atoms with E-state index in [2.05, 4.69) is 11.8 Å². The molecule has 0 bridgehead atoms. The van der Waals surface area contributed by atoms with Crippen LogP contribution < -0.4 is 0 Å². The van der Waals surface area contributed by atoms with E-state index in [0.29, 0.717) is 0 Å².